The Morgan fingerprint density at radius 1 is 0.962 bits per heavy atom. The molecule has 13 nitrogen and oxygen atoms in total. The molecule has 4 amide bonds. The summed E-state index contributed by atoms with van der Waals surface area (Å²) in [6, 6.07) is 5.67. The van der Waals surface area contributed by atoms with Gasteiger partial charge in [0, 0.05) is 33.9 Å². The van der Waals surface area contributed by atoms with Crippen LogP contribution in [0.4, 0.5) is 0 Å². The largest absolute Gasteiger partial charge is 0.386 e. The van der Waals surface area contributed by atoms with Gasteiger partial charge in [0.25, 0.3) is 0 Å². The van der Waals surface area contributed by atoms with Gasteiger partial charge in [0.2, 0.25) is 23.6 Å². The van der Waals surface area contributed by atoms with Gasteiger partial charge in [-0.1, -0.05) is 71.4 Å². The number of carbonyl (C=O) groups excluding carboxylic acids is 4. The first kappa shape index (κ1) is 45.1. The molecule has 11 atom stereocenters. The monoisotopic (exact) mass is 733 g/mol. The SMILES string of the molecule is CC[C@H](C)[C@@H]([C@@H](CC(=O)N1CCC[C@H]1[C@H](OC)[C@@H](C)C(=O)N[C@H](C)[C@@H](O)c1ccccc1)OC)N(C)C(=O)[C@H](NC(=O)[C@H](C(C)C)N(C)C)[C@H](C)N. The summed E-state index contributed by atoms with van der Waals surface area (Å²) < 4.78 is 11.9. The van der Waals surface area contributed by atoms with Crippen molar-refractivity contribution in [2.24, 2.45) is 23.5 Å². The predicted molar refractivity (Wildman–Crippen MR) is 203 cm³/mol. The number of nitrogens with two attached hydrogens (primary N) is 1. The van der Waals surface area contributed by atoms with Crippen molar-refractivity contribution in [2.45, 2.75) is 129 Å². The van der Waals surface area contributed by atoms with Crippen molar-refractivity contribution < 1.29 is 33.8 Å². The van der Waals surface area contributed by atoms with E-state index in [1.807, 2.05) is 77.0 Å². The van der Waals surface area contributed by atoms with Crippen LogP contribution in [0.15, 0.2) is 30.3 Å². The highest BCUT2D eigenvalue weighted by molar-refractivity contribution is 5.90. The third-order valence-corrected chi connectivity index (χ3v) is 10.8. The number of hydrogen-bond acceptors (Lipinski definition) is 9. The lowest BCUT2D eigenvalue weighted by Gasteiger charge is -2.41. The molecular formula is C39H68N6O7. The van der Waals surface area contributed by atoms with Crippen LogP contribution in [0.2, 0.25) is 0 Å². The number of likely N-dealkylation sites (N-methyl/N-ethyl adjacent to an activating group) is 2. The predicted octanol–water partition coefficient (Wildman–Crippen LogP) is 2.56. The Morgan fingerprint density at radius 2 is 1.58 bits per heavy atom. The van der Waals surface area contributed by atoms with E-state index in [2.05, 4.69) is 10.6 Å². The smallest absolute Gasteiger partial charge is 0.246 e. The number of methoxy groups -OCH3 is 2. The molecule has 0 radical (unpaired) electrons. The highest BCUT2D eigenvalue weighted by Gasteiger charge is 2.43. The molecule has 1 aliphatic heterocycles. The molecular weight excluding hydrogens is 664 g/mol. The molecule has 296 valence electrons. The Hall–Kier alpha value is -3.10. The minimum absolute atomic E-state index is 0.00218. The number of amides is 4. The fourth-order valence-electron chi connectivity index (χ4n) is 7.69. The molecule has 1 aromatic rings. The van der Waals surface area contributed by atoms with Crippen molar-refractivity contribution in [3.05, 3.63) is 35.9 Å². The zero-order valence-electron chi connectivity index (χ0n) is 33.7. The molecule has 5 N–H and O–H groups in total. The number of carbonyl (C=O) groups is 4. The normalized spacial score (nSPS) is 20.6. The molecule has 0 saturated carbocycles. The highest BCUT2D eigenvalue weighted by atomic mass is 16.5. The molecule has 0 aromatic heterocycles. The molecule has 2 rings (SSSR count). The van der Waals surface area contributed by atoms with Crippen LogP contribution >= 0.6 is 0 Å². The van der Waals surface area contributed by atoms with Gasteiger partial charge in [0.1, 0.15) is 6.04 Å². The molecule has 1 heterocycles. The van der Waals surface area contributed by atoms with Crippen LogP contribution in [0.25, 0.3) is 0 Å². The number of aliphatic hydroxyl groups is 1. The molecule has 1 saturated heterocycles. The molecule has 0 aliphatic carbocycles. The maximum Gasteiger partial charge on any atom is 0.246 e. The van der Waals surface area contributed by atoms with Crippen LogP contribution in [0.1, 0.15) is 85.8 Å². The Labute approximate surface area is 312 Å². The number of likely N-dealkylation sites (tertiary alicyclic amines) is 1. The number of nitrogens with one attached hydrogen (secondary N) is 2. The van der Waals surface area contributed by atoms with E-state index < -0.39 is 54.4 Å². The number of hydrogen-bond donors (Lipinski definition) is 4. The van der Waals surface area contributed by atoms with Crippen molar-refractivity contribution in [2.75, 3.05) is 41.9 Å². The van der Waals surface area contributed by atoms with Crippen LogP contribution in [0.3, 0.4) is 0 Å². The first-order valence-corrected chi connectivity index (χ1v) is 18.8. The first-order chi connectivity index (χ1) is 24.4. The Balaban J connectivity index is 2.25. The minimum atomic E-state index is -0.979. The van der Waals surface area contributed by atoms with Gasteiger partial charge in [-0.2, -0.15) is 0 Å². The van der Waals surface area contributed by atoms with Gasteiger partial charge in [0.15, 0.2) is 0 Å². The molecule has 52 heavy (non-hydrogen) atoms. The van der Waals surface area contributed by atoms with Gasteiger partial charge in [-0.05, 0) is 58.2 Å². The number of benzene rings is 1. The summed E-state index contributed by atoms with van der Waals surface area (Å²) in [7, 11) is 8.42. The lowest BCUT2D eigenvalue weighted by molar-refractivity contribution is -0.147. The average molecular weight is 733 g/mol. The lowest BCUT2D eigenvalue weighted by atomic mass is 9.89. The average Bonchev–Trinajstić information content (AvgIpc) is 3.59. The molecule has 0 bridgehead atoms. The van der Waals surface area contributed by atoms with E-state index in [-0.39, 0.29) is 47.9 Å². The van der Waals surface area contributed by atoms with Gasteiger partial charge in [0.05, 0.1) is 54.8 Å². The van der Waals surface area contributed by atoms with E-state index >= 15 is 0 Å². The number of rotatable bonds is 20. The zero-order chi connectivity index (χ0) is 39.4. The molecule has 1 fully saturated rings. The van der Waals surface area contributed by atoms with E-state index in [4.69, 9.17) is 15.2 Å². The maximum atomic E-state index is 14.1. The van der Waals surface area contributed by atoms with Gasteiger partial charge >= 0.3 is 0 Å². The van der Waals surface area contributed by atoms with E-state index in [0.717, 1.165) is 6.42 Å². The van der Waals surface area contributed by atoms with Crippen LogP contribution in [-0.4, -0.2) is 134 Å². The highest BCUT2D eigenvalue weighted by Crippen LogP contribution is 2.30. The summed E-state index contributed by atoms with van der Waals surface area (Å²) >= 11 is 0. The van der Waals surface area contributed by atoms with Gasteiger partial charge < -0.3 is 40.7 Å². The van der Waals surface area contributed by atoms with Crippen LogP contribution in [0, 0.1) is 17.8 Å². The molecule has 0 unspecified atom stereocenters. The molecule has 1 aromatic carbocycles. The minimum Gasteiger partial charge on any atom is -0.386 e. The van der Waals surface area contributed by atoms with Crippen molar-refractivity contribution in [1.82, 2.24) is 25.3 Å². The van der Waals surface area contributed by atoms with E-state index in [1.165, 1.54) is 7.11 Å². The number of ether oxygens (including phenoxy) is 2. The third-order valence-electron chi connectivity index (χ3n) is 10.8. The Kier molecular flexibility index (Phi) is 18.2. The Morgan fingerprint density at radius 3 is 2.08 bits per heavy atom. The van der Waals surface area contributed by atoms with Crippen molar-refractivity contribution >= 4 is 23.6 Å². The van der Waals surface area contributed by atoms with Crippen molar-refractivity contribution in [1.29, 1.82) is 0 Å². The second kappa shape index (κ2) is 21.0. The van der Waals surface area contributed by atoms with Crippen molar-refractivity contribution in [3.63, 3.8) is 0 Å². The summed E-state index contributed by atoms with van der Waals surface area (Å²) in [6.07, 6.45) is -0.00359. The quantitative estimate of drug-likeness (QED) is 0.158. The zero-order valence-corrected chi connectivity index (χ0v) is 33.7. The number of aliphatic hydroxyl groups excluding tert-OH is 1. The summed E-state index contributed by atoms with van der Waals surface area (Å²) in [6.45, 7) is 13.7. The lowest BCUT2D eigenvalue weighted by Crippen LogP contribution is -2.62. The summed E-state index contributed by atoms with van der Waals surface area (Å²) in [4.78, 5) is 60.2. The molecule has 13 heteroatoms. The summed E-state index contributed by atoms with van der Waals surface area (Å²) in [5.74, 6) is -1.73. The van der Waals surface area contributed by atoms with E-state index in [1.54, 1.807) is 44.7 Å². The first-order valence-electron chi connectivity index (χ1n) is 18.8. The fraction of sp³-hybridized carbons (Fsp3) is 0.744. The van der Waals surface area contributed by atoms with Crippen LogP contribution in [0.5, 0.6) is 0 Å². The molecule has 0 spiro atoms. The summed E-state index contributed by atoms with van der Waals surface area (Å²) in [5.41, 5.74) is 7.01. The standard InChI is InChI=1S/C39H68N6O7/c1-13-24(4)34(44(10)39(50)32(26(6)40)42-38(49)33(23(2)3)43(8)9)30(51-11)22-31(46)45-21-17-20-29(45)36(52-12)25(5)37(48)41-27(7)35(47)28-18-15-14-16-19-28/h14-16,18-19,23-27,29-30,32-36,47H,13,17,20-22,40H2,1-12H3,(H,41,48)(H,42,49)/t24-,25+,26-,27+,29-,30+,32+,33-,34-,35+,36+/m0/s1. The number of nitrogens with zero attached hydrogens (tertiary/aromatic N) is 3. The topological polar surface area (TPSA) is 167 Å². The van der Waals surface area contributed by atoms with Gasteiger partial charge in [-0.3, -0.25) is 24.1 Å². The molecule has 1 aliphatic rings. The second-order valence-corrected chi connectivity index (χ2v) is 15.2. The van der Waals surface area contributed by atoms with Gasteiger partial charge in [-0.15, -0.1) is 0 Å². The summed E-state index contributed by atoms with van der Waals surface area (Å²) in [5, 5.41) is 16.7. The second-order valence-electron chi connectivity index (χ2n) is 15.2. The Bertz CT molecular complexity index is 1270. The van der Waals surface area contributed by atoms with Crippen LogP contribution in [-0.2, 0) is 28.7 Å². The fourth-order valence-corrected chi connectivity index (χ4v) is 7.69. The van der Waals surface area contributed by atoms with E-state index in [9.17, 15) is 24.3 Å². The van der Waals surface area contributed by atoms with Crippen molar-refractivity contribution in [3.8, 4) is 0 Å². The van der Waals surface area contributed by atoms with E-state index in [0.29, 0.717) is 24.9 Å². The third kappa shape index (κ3) is 11.4. The van der Waals surface area contributed by atoms with Crippen LogP contribution < -0.4 is 16.4 Å². The van der Waals surface area contributed by atoms with Gasteiger partial charge in [-0.25, -0.2) is 0 Å². The maximum absolute atomic E-state index is 14.1.